The maximum Gasteiger partial charge on any atom is 0.154 e. The maximum absolute atomic E-state index is 5.40. The normalized spacial score (nSPS) is 22.8. The van der Waals surface area contributed by atoms with Crippen LogP contribution in [0.2, 0.25) is 0 Å². The van der Waals surface area contributed by atoms with Gasteiger partial charge in [-0.2, -0.15) is 0 Å². The van der Waals surface area contributed by atoms with Crippen molar-refractivity contribution in [2.75, 3.05) is 13.7 Å². The number of hydrogen-bond donors (Lipinski definition) is 1. The van der Waals surface area contributed by atoms with Crippen LogP contribution in [0.5, 0.6) is 0 Å². The van der Waals surface area contributed by atoms with E-state index in [9.17, 15) is 0 Å². The van der Waals surface area contributed by atoms with Gasteiger partial charge in [0.05, 0.1) is 12.1 Å². The fraction of sp³-hybridized carbons (Fsp3) is 0.429. The van der Waals surface area contributed by atoms with Crippen LogP contribution >= 0.6 is 0 Å². The highest BCUT2D eigenvalue weighted by Crippen LogP contribution is 2.26. The van der Waals surface area contributed by atoms with Gasteiger partial charge in [-0.25, -0.2) is 0 Å². The molecule has 0 bridgehead atoms. The highest BCUT2D eigenvalue weighted by atomic mass is 16.5. The van der Waals surface area contributed by atoms with Gasteiger partial charge in [0.15, 0.2) is 5.82 Å². The van der Waals surface area contributed by atoms with Crippen molar-refractivity contribution >= 4 is 0 Å². The van der Waals surface area contributed by atoms with E-state index < -0.39 is 0 Å². The molecule has 0 saturated carbocycles. The van der Waals surface area contributed by atoms with E-state index in [-0.39, 0.29) is 12.1 Å². The zero-order valence-corrected chi connectivity index (χ0v) is 11.2. The van der Waals surface area contributed by atoms with Gasteiger partial charge in [-0.15, -0.1) is 10.2 Å². The number of hydrogen-bond acceptors (Lipinski definition) is 4. The number of benzene rings is 1. The first kappa shape index (κ1) is 12.3. The number of nitrogens with one attached hydrogen (secondary N) is 1. The van der Waals surface area contributed by atoms with E-state index >= 15 is 0 Å². The lowest BCUT2D eigenvalue weighted by atomic mass is 10.2. The lowest BCUT2D eigenvalue weighted by molar-refractivity contribution is 0.117. The Labute approximate surface area is 112 Å². The molecule has 5 nitrogen and oxygen atoms in total. The Morgan fingerprint density at radius 3 is 2.74 bits per heavy atom. The van der Waals surface area contributed by atoms with Crippen molar-refractivity contribution in [2.45, 2.75) is 25.5 Å². The van der Waals surface area contributed by atoms with E-state index in [0.717, 1.165) is 30.3 Å². The minimum atomic E-state index is 0.200. The number of nitrogens with zero attached hydrogens (tertiary/aromatic N) is 3. The van der Waals surface area contributed by atoms with Crippen LogP contribution < -0.4 is 5.32 Å². The van der Waals surface area contributed by atoms with E-state index in [1.807, 2.05) is 25.1 Å². The zero-order valence-electron chi connectivity index (χ0n) is 11.2. The summed E-state index contributed by atoms with van der Waals surface area (Å²) in [6.07, 6.45) is 1.19. The Kier molecular flexibility index (Phi) is 3.31. The molecule has 1 aromatic heterocycles. The molecule has 2 unspecified atom stereocenters. The van der Waals surface area contributed by atoms with Crippen LogP contribution in [-0.4, -0.2) is 34.5 Å². The molecule has 19 heavy (non-hydrogen) atoms. The first-order valence-electron chi connectivity index (χ1n) is 6.53. The molecule has 1 saturated heterocycles. The number of rotatable bonds is 3. The van der Waals surface area contributed by atoms with Crippen LogP contribution in [0, 0.1) is 6.92 Å². The smallest absolute Gasteiger partial charge is 0.154 e. The van der Waals surface area contributed by atoms with Gasteiger partial charge in [-0.3, -0.25) is 4.57 Å². The summed E-state index contributed by atoms with van der Waals surface area (Å²) in [6.45, 7) is 2.84. The summed E-state index contributed by atoms with van der Waals surface area (Å²) in [5.74, 6) is 1.87. The molecule has 1 aliphatic heterocycles. The Morgan fingerprint density at radius 1 is 1.26 bits per heavy atom. The topological polar surface area (TPSA) is 52.0 Å². The van der Waals surface area contributed by atoms with Gasteiger partial charge in [-0.05, 0) is 25.5 Å². The summed E-state index contributed by atoms with van der Waals surface area (Å²) < 4.78 is 7.50. The van der Waals surface area contributed by atoms with Gasteiger partial charge in [-0.1, -0.05) is 18.2 Å². The summed E-state index contributed by atoms with van der Waals surface area (Å²) in [7, 11) is 1.75. The molecule has 1 aliphatic rings. The van der Waals surface area contributed by atoms with Gasteiger partial charge >= 0.3 is 0 Å². The molecule has 1 fully saturated rings. The summed E-state index contributed by atoms with van der Waals surface area (Å²) in [5, 5.41) is 12.0. The molecule has 2 aromatic rings. The Hall–Kier alpha value is -1.72. The first-order valence-corrected chi connectivity index (χ1v) is 6.53. The molecule has 2 atom stereocenters. The third-order valence-corrected chi connectivity index (χ3v) is 3.60. The van der Waals surface area contributed by atoms with E-state index in [4.69, 9.17) is 4.74 Å². The van der Waals surface area contributed by atoms with Crippen molar-refractivity contribution < 1.29 is 4.74 Å². The molecule has 0 radical (unpaired) electrons. The van der Waals surface area contributed by atoms with E-state index in [2.05, 4.69) is 32.2 Å². The van der Waals surface area contributed by atoms with Crippen LogP contribution in [0.1, 0.15) is 24.1 Å². The molecule has 1 aromatic carbocycles. The van der Waals surface area contributed by atoms with Crippen molar-refractivity contribution in [2.24, 2.45) is 0 Å². The quantitative estimate of drug-likeness (QED) is 0.909. The van der Waals surface area contributed by atoms with Gasteiger partial charge in [0.25, 0.3) is 0 Å². The van der Waals surface area contributed by atoms with Gasteiger partial charge in [0, 0.05) is 19.3 Å². The van der Waals surface area contributed by atoms with E-state index in [1.54, 1.807) is 7.11 Å². The van der Waals surface area contributed by atoms with Crippen molar-refractivity contribution in [1.29, 1.82) is 0 Å². The second-order valence-corrected chi connectivity index (χ2v) is 4.83. The molecular formula is C14H18N4O. The molecule has 0 aliphatic carbocycles. The van der Waals surface area contributed by atoms with Gasteiger partial charge in [0.2, 0.25) is 0 Å². The number of ether oxygens (including phenoxy) is 1. The number of methoxy groups -OCH3 is 1. The minimum Gasteiger partial charge on any atom is -0.380 e. The van der Waals surface area contributed by atoms with Gasteiger partial charge in [0.1, 0.15) is 5.82 Å². The average molecular weight is 258 g/mol. The van der Waals surface area contributed by atoms with Crippen molar-refractivity contribution in [3.63, 3.8) is 0 Å². The zero-order chi connectivity index (χ0) is 13.2. The lowest BCUT2D eigenvalue weighted by Crippen LogP contribution is -2.18. The minimum absolute atomic E-state index is 0.200. The van der Waals surface area contributed by atoms with Crippen LogP contribution in [0.25, 0.3) is 5.69 Å². The molecule has 0 spiro atoms. The number of aromatic nitrogens is 3. The molecular weight excluding hydrogens is 240 g/mol. The monoisotopic (exact) mass is 258 g/mol. The molecule has 2 heterocycles. The van der Waals surface area contributed by atoms with Crippen molar-refractivity contribution in [3.8, 4) is 5.69 Å². The second kappa shape index (κ2) is 5.11. The third-order valence-electron chi connectivity index (χ3n) is 3.60. The summed E-state index contributed by atoms with van der Waals surface area (Å²) in [5.41, 5.74) is 1.10. The van der Waals surface area contributed by atoms with Crippen LogP contribution in [0.15, 0.2) is 30.3 Å². The first-order chi connectivity index (χ1) is 9.29. The Balaban J connectivity index is 1.96. The average Bonchev–Trinajstić information content (AvgIpc) is 3.05. The van der Waals surface area contributed by atoms with Crippen LogP contribution in [0.3, 0.4) is 0 Å². The third kappa shape index (κ3) is 2.27. The molecule has 3 rings (SSSR count). The van der Waals surface area contributed by atoms with Gasteiger partial charge < -0.3 is 10.1 Å². The maximum atomic E-state index is 5.40. The fourth-order valence-corrected chi connectivity index (χ4v) is 2.58. The summed E-state index contributed by atoms with van der Waals surface area (Å²) in [4.78, 5) is 0. The molecule has 100 valence electrons. The van der Waals surface area contributed by atoms with Crippen LogP contribution in [0.4, 0.5) is 0 Å². The summed E-state index contributed by atoms with van der Waals surface area (Å²) >= 11 is 0. The Bertz CT molecular complexity index is 552. The highest BCUT2D eigenvalue weighted by Gasteiger charge is 2.29. The fourth-order valence-electron chi connectivity index (χ4n) is 2.58. The number of para-hydroxylation sites is 1. The predicted octanol–water partition coefficient (Wildman–Crippen LogP) is 1.63. The second-order valence-electron chi connectivity index (χ2n) is 4.83. The lowest BCUT2D eigenvalue weighted by Gasteiger charge is -2.13. The highest BCUT2D eigenvalue weighted by molar-refractivity contribution is 5.34. The Morgan fingerprint density at radius 2 is 2.05 bits per heavy atom. The molecule has 5 heteroatoms. The van der Waals surface area contributed by atoms with Crippen LogP contribution in [-0.2, 0) is 4.74 Å². The standard InChI is InChI=1S/C14H18N4O/c1-10-16-17-14(13-8-12(19-2)9-15-13)18(10)11-6-4-3-5-7-11/h3-7,12-13,15H,8-9H2,1-2H3. The SMILES string of the molecule is COC1CNC(c2nnc(C)n2-c2ccccc2)C1. The number of aryl methyl sites for hydroxylation is 1. The molecule has 1 N–H and O–H groups in total. The predicted molar refractivity (Wildman–Crippen MR) is 72.3 cm³/mol. The summed E-state index contributed by atoms with van der Waals surface area (Å²) in [6, 6.07) is 10.4. The van der Waals surface area contributed by atoms with E-state index in [1.165, 1.54) is 0 Å². The van der Waals surface area contributed by atoms with Crippen molar-refractivity contribution in [3.05, 3.63) is 42.0 Å². The van der Waals surface area contributed by atoms with Crippen molar-refractivity contribution in [1.82, 2.24) is 20.1 Å². The van der Waals surface area contributed by atoms with E-state index in [0.29, 0.717) is 0 Å². The largest absolute Gasteiger partial charge is 0.380 e. The molecule has 0 amide bonds.